The van der Waals surface area contributed by atoms with E-state index in [0.29, 0.717) is 11.7 Å². The first-order valence-electron chi connectivity index (χ1n) is 6.18. The Bertz CT molecular complexity index is 444. The molecule has 0 saturated carbocycles. The van der Waals surface area contributed by atoms with Crippen molar-refractivity contribution in [1.29, 1.82) is 0 Å². The van der Waals surface area contributed by atoms with Crippen LogP contribution in [0.3, 0.4) is 0 Å². The van der Waals surface area contributed by atoms with Crippen LogP contribution in [-0.2, 0) is 4.74 Å². The summed E-state index contributed by atoms with van der Waals surface area (Å²) in [6.45, 7) is 1.52. The Morgan fingerprint density at radius 2 is 2.26 bits per heavy atom. The summed E-state index contributed by atoms with van der Waals surface area (Å²) in [6.07, 6.45) is 3.99. The lowest BCUT2D eigenvalue weighted by Crippen LogP contribution is -2.37. The van der Waals surface area contributed by atoms with Gasteiger partial charge in [-0.05, 0) is 42.8 Å². The molecule has 4 nitrogen and oxygen atoms in total. The van der Waals surface area contributed by atoms with Crippen LogP contribution in [0.5, 0.6) is 0 Å². The van der Waals surface area contributed by atoms with E-state index in [-0.39, 0.29) is 11.9 Å². The molecule has 1 aromatic rings. The van der Waals surface area contributed by atoms with Crippen molar-refractivity contribution in [2.45, 2.75) is 18.9 Å². The van der Waals surface area contributed by atoms with Crippen molar-refractivity contribution in [3.05, 3.63) is 35.6 Å². The van der Waals surface area contributed by atoms with Gasteiger partial charge in [-0.3, -0.25) is 5.43 Å². The van der Waals surface area contributed by atoms with Gasteiger partial charge in [-0.25, -0.2) is 4.39 Å². The zero-order valence-electron chi connectivity index (χ0n) is 10.4. The molecule has 0 spiro atoms. The lowest BCUT2D eigenvalue weighted by Gasteiger charge is -2.11. The number of rotatable bonds is 4. The lowest BCUT2D eigenvalue weighted by atomic mass is 10.2. The fourth-order valence-corrected chi connectivity index (χ4v) is 1.90. The van der Waals surface area contributed by atoms with E-state index < -0.39 is 0 Å². The summed E-state index contributed by atoms with van der Waals surface area (Å²) in [5.74, 6) is -0.265. The summed E-state index contributed by atoms with van der Waals surface area (Å²) >= 11 is 5.07. The normalized spacial score (nSPS) is 18.7. The van der Waals surface area contributed by atoms with E-state index in [2.05, 4.69) is 15.8 Å². The lowest BCUT2D eigenvalue weighted by molar-refractivity contribution is 0.114. The summed E-state index contributed by atoms with van der Waals surface area (Å²) in [7, 11) is 0. The Balaban J connectivity index is 1.69. The van der Waals surface area contributed by atoms with E-state index in [4.69, 9.17) is 17.0 Å². The molecule has 1 aliphatic heterocycles. The third-order valence-corrected chi connectivity index (χ3v) is 3.00. The number of hydrazone groups is 1. The quantitative estimate of drug-likeness (QED) is 0.502. The zero-order valence-corrected chi connectivity index (χ0v) is 11.3. The van der Waals surface area contributed by atoms with Crippen molar-refractivity contribution in [2.75, 3.05) is 13.2 Å². The highest BCUT2D eigenvalue weighted by Gasteiger charge is 2.14. The molecular weight excluding hydrogens is 265 g/mol. The summed E-state index contributed by atoms with van der Waals surface area (Å²) in [5, 5.41) is 7.47. The molecule has 1 fully saturated rings. The number of thiocarbonyl (C=S) groups is 1. The van der Waals surface area contributed by atoms with Gasteiger partial charge in [-0.1, -0.05) is 12.1 Å². The Morgan fingerprint density at radius 3 is 2.95 bits per heavy atom. The number of halogens is 1. The smallest absolute Gasteiger partial charge is 0.187 e. The average Bonchev–Trinajstić information content (AvgIpc) is 2.92. The highest BCUT2D eigenvalue weighted by Crippen LogP contribution is 2.10. The van der Waals surface area contributed by atoms with Crippen molar-refractivity contribution in [3.8, 4) is 0 Å². The second kappa shape index (κ2) is 7.16. The standard InChI is InChI=1S/C13H16FN3OS/c14-11-5-3-10(4-6-11)8-16-17-13(19)15-9-12-2-1-7-18-12/h3-6,8,12H,1-2,7,9H2,(H2,15,17,19)/b16-8+. The van der Waals surface area contributed by atoms with Gasteiger partial charge < -0.3 is 10.1 Å². The fourth-order valence-electron chi connectivity index (χ4n) is 1.77. The maximum atomic E-state index is 12.7. The van der Waals surface area contributed by atoms with Gasteiger partial charge in [-0.15, -0.1) is 0 Å². The summed E-state index contributed by atoms with van der Waals surface area (Å²) in [6, 6.07) is 6.05. The minimum Gasteiger partial charge on any atom is -0.376 e. The second-order valence-corrected chi connectivity index (χ2v) is 4.67. The van der Waals surface area contributed by atoms with Gasteiger partial charge in [0.2, 0.25) is 0 Å². The van der Waals surface area contributed by atoms with Crippen LogP contribution >= 0.6 is 12.2 Å². The minimum atomic E-state index is -0.265. The first-order chi connectivity index (χ1) is 9.24. The summed E-state index contributed by atoms with van der Waals surface area (Å²) < 4.78 is 18.1. The fraction of sp³-hybridized carbons (Fsp3) is 0.385. The number of nitrogens with zero attached hydrogens (tertiary/aromatic N) is 1. The van der Waals surface area contributed by atoms with Gasteiger partial charge in [0.05, 0.1) is 12.3 Å². The molecule has 1 aromatic carbocycles. The minimum absolute atomic E-state index is 0.237. The zero-order chi connectivity index (χ0) is 13.5. The molecule has 2 N–H and O–H groups in total. The van der Waals surface area contributed by atoms with Crippen molar-refractivity contribution < 1.29 is 9.13 Å². The van der Waals surface area contributed by atoms with E-state index in [1.165, 1.54) is 12.1 Å². The molecule has 0 radical (unpaired) electrons. The van der Waals surface area contributed by atoms with Crippen LogP contribution in [-0.4, -0.2) is 30.6 Å². The van der Waals surface area contributed by atoms with Gasteiger partial charge in [0, 0.05) is 13.2 Å². The number of hydrogen-bond acceptors (Lipinski definition) is 3. The Labute approximate surface area is 117 Å². The van der Waals surface area contributed by atoms with Crippen molar-refractivity contribution in [1.82, 2.24) is 10.7 Å². The molecule has 2 rings (SSSR count). The number of nitrogens with one attached hydrogen (secondary N) is 2. The Morgan fingerprint density at radius 1 is 1.47 bits per heavy atom. The predicted octanol–water partition coefficient (Wildman–Crippen LogP) is 1.80. The monoisotopic (exact) mass is 281 g/mol. The van der Waals surface area contributed by atoms with E-state index in [9.17, 15) is 4.39 Å². The van der Waals surface area contributed by atoms with Crippen LogP contribution in [0.2, 0.25) is 0 Å². The number of benzene rings is 1. The van der Waals surface area contributed by atoms with Gasteiger partial charge in [-0.2, -0.15) is 5.10 Å². The third-order valence-electron chi connectivity index (χ3n) is 2.76. The SMILES string of the molecule is Fc1ccc(/C=N/NC(=S)NCC2CCCO2)cc1. The maximum absolute atomic E-state index is 12.7. The van der Waals surface area contributed by atoms with Gasteiger partial charge in [0.1, 0.15) is 5.82 Å². The number of ether oxygens (including phenoxy) is 1. The molecule has 0 bridgehead atoms. The average molecular weight is 281 g/mol. The topological polar surface area (TPSA) is 45.7 Å². The predicted molar refractivity (Wildman–Crippen MR) is 76.7 cm³/mol. The summed E-state index contributed by atoms with van der Waals surface area (Å²) in [5.41, 5.74) is 3.51. The molecule has 0 aliphatic carbocycles. The second-order valence-electron chi connectivity index (χ2n) is 4.27. The highest BCUT2D eigenvalue weighted by atomic mass is 32.1. The van der Waals surface area contributed by atoms with Gasteiger partial charge >= 0.3 is 0 Å². The van der Waals surface area contributed by atoms with Crippen LogP contribution in [0.15, 0.2) is 29.4 Å². The molecule has 6 heteroatoms. The maximum Gasteiger partial charge on any atom is 0.187 e. The molecule has 1 aliphatic rings. The van der Waals surface area contributed by atoms with Gasteiger partial charge in [0.15, 0.2) is 5.11 Å². The third kappa shape index (κ3) is 4.92. The molecule has 1 heterocycles. The molecule has 0 aromatic heterocycles. The Kier molecular flexibility index (Phi) is 5.23. The molecular formula is C13H16FN3OS. The van der Waals surface area contributed by atoms with Crippen LogP contribution in [0.25, 0.3) is 0 Å². The molecule has 19 heavy (non-hydrogen) atoms. The van der Waals surface area contributed by atoms with E-state index >= 15 is 0 Å². The largest absolute Gasteiger partial charge is 0.376 e. The molecule has 1 atom stereocenters. The summed E-state index contributed by atoms with van der Waals surface area (Å²) in [4.78, 5) is 0. The van der Waals surface area contributed by atoms with E-state index in [1.54, 1.807) is 18.3 Å². The van der Waals surface area contributed by atoms with Crippen molar-refractivity contribution in [2.24, 2.45) is 5.10 Å². The van der Waals surface area contributed by atoms with E-state index in [0.717, 1.165) is 25.0 Å². The van der Waals surface area contributed by atoms with Crippen molar-refractivity contribution >= 4 is 23.5 Å². The van der Waals surface area contributed by atoms with Crippen LogP contribution in [0, 0.1) is 5.82 Å². The molecule has 1 saturated heterocycles. The molecule has 102 valence electrons. The van der Waals surface area contributed by atoms with E-state index in [1.807, 2.05) is 0 Å². The Hall–Kier alpha value is -1.53. The number of hydrogen-bond donors (Lipinski definition) is 2. The first kappa shape index (κ1) is 13.9. The molecule has 0 amide bonds. The van der Waals surface area contributed by atoms with Crippen LogP contribution < -0.4 is 10.7 Å². The van der Waals surface area contributed by atoms with Crippen molar-refractivity contribution in [3.63, 3.8) is 0 Å². The molecule has 1 unspecified atom stereocenters. The van der Waals surface area contributed by atoms with Crippen LogP contribution in [0.1, 0.15) is 18.4 Å². The van der Waals surface area contributed by atoms with Crippen LogP contribution in [0.4, 0.5) is 4.39 Å². The van der Waals surface area contributed by atoms with Gasteiger partial charge in [0.25, 0.3) is 0 Å². The first-order valence-corrected chi connectivity index (χ1v) is 6.59. The highest BCUT2D eigenvalue weighted by molar-refractivity contribution is 7.80.